The molecule has 0 aliphatic rings. The second-order valence-electron chi connectivity index (χ2n) is 6.35. The lowest BCUT2D eigenvalue weighted by Gasteiger charge is -1.98. The van der Waals surface area contributed by atoms with Crippen molar-refractivity contribution in [1.29, 1.82) is 0 Å². The molecule has 2 aromatic heterocycles. The predicted octanol–water partition coefficient (Wildman–Crippen LogP) is 3.15. The molecule has 0 unspecified atom stereocenters. The summed E-state index contributed by atoms with van der Waals surface area (Å²) >= 11 is 4.18. The molecule has 2 heterocycles. The van der Waals surface area contributed by atoms with Crippen LogP contribution < -0.4 is 0 Å². The van der Waals surface area contributed by atoms with Gasteiger partial charge in [0.15, 0.2) is 19.7 Å². The summed E-state index contributed by atoms with van der Waals surface area (Å²) in [5.41, 5.74) is 1.72. The van der Waals surface area contributed by atoms with Crippen LogP contribution in [0.5, 0.6) is 0 Å². The third kappa shape index (κ3) is 4.91. The maximum atomic E-state index is 11.4. The molecule has 29 heavy (non-hydrogen) atoms. The van der Waals surface area contributed by atoms with Gasteiger partial charge in [0.2, 0.25) is 0 Å². The van der Waals surface area contributed by atoms with Gasteiger partial charge in [0, 0.05) is 30.3 Å². The summed E-state index contributed by atoms with van der Waals surface area (Å²) in [5, 5.41) is 12.8. The number of rotatable bonds is 2. The van der Waals surface area contributed by atoms with Crippen LogP contribution >= 0.6 is 45.2 Å². The molecule has 4 aromatic rings. The minimum Gasteiger partial charge on any atom is -0.271 e. The first-order valence-electron chi connectivity index (χ1n) is 8.04. The van der Waals surface area contributed by atoms with Crippen LogP contribution in [0.15, 0.2) is 46.2 Å². The van der Waals surface area contributed by atoms with E-state index in [9.17, 15) is 16.8 Å². The van der Waals surface area contributed by atoms with Crippen molar-refractivity contribution >= 4 is 86.7 Å². The number of benzene rings is 2. The lowest BCUT2D eigenvalue weighted by Crippen LogP contribution is -1.96. The van der Waals surface area contributed by atoms with Crippen molar-refractivity contribution < 1.29 is 16.8 Å². The van der Waals surface area contributed by atoms with Gasteiger partial charge in [0.05, 0.1) is 20.8 Å². The van der Waals surface area contributed by atoms with Gasteiger partial charge in [-0.05, 0) is 81.6 Å². The number of hydrogen-bond donors (Lipinski definition) is 1. The van der Waals surface area contributed by atoms with E-state index in [4.69, 9.17) is 0 Å². The van der Waals surface area contributed by atoms with Crippen LogP contribution in [-0.4, -0.2) is 49.3 Å². The number of aryl methyl sites for hydroxylation is 1. The summed E-state index contributed by atoms with van der Waals surface area (Å²) in [5.74, 6) is 0. The Bertz CT molecular complexity index is 1440. The molecular weight excluding hydrogens is 642 g/mol. The molecular formula is C17H16I2N4O4S2. The molecule has 0 saturated heterocycles. The first-order valence-corrected chi connectivity index (χ1v) is 14.0. The SMILES string of the molecule is CS(=O)(=O)c1ccc2n[nH]c(I)c2c1.Cn1nc(I)c2cc(S(C)(=O)=O)ccc21. The lowest BCUT2D eigenvalue weighted by molar-refractivity contribution is 0.600. The van der Waals surface area contributed by atoms with Crippen LogP contribution in [0.1, 0.15) is 0 Å². The highest BCUT2D eigenvalue weighted by molar-refractivity contribution is 14.1. The van der Waals surface area contributed by atoms with E-state index in [1.165, 1.54) is 12.5 Å². The molecule has 0 spiro atoms. The van der Waals surface area contributed by atoms with Gasteiger partial charge in [0.1, 0.15) is 7.40 Å². The van der Waals surface area contributed by atoms with E-state index in [0.717, 1.165) is 29.2 Å². The van der Waals surface area contributed by atoms with E-state index in [2.05, 4.69) is 60.5 Å². The summed E-state index contributed by atoms with van der Waals surface area (Å²) in [4.78, 5) is 0.658. The standard InChI is InChI=1S/C9H9IN2O2S.C8H7IN2O2S/c1-12-8-4-3-6(15(2,13)14)5-7(8)9(10)11-12;1-14(12,13)5-2-3-7-6(4-5)8(9)11-10-7/h3-5H,1-2H3;2-4H,1H3,(H,10,11). The van der Waals surface area contributed by atoms with Crippen molar-refractivity contribution in [3.8, 4) is 0 Å². The van der Waals surface area contributed by atoms with E-state index >= 15 is 0 Å². The Hall–Kier alpha value is -1.26. The molecule has 0 atom stereocenters. The predicted molar refractivity (Wildman–Crippen MR) is 128 cm³/mol. The second kappa shape index (κ2) is 8.11. The van der Waals surface area contributed by atoms with Crippen LogP contribution in [0.25, 0.3) is 21.8 Å². The monoisotopic (exact) mass is 658 g/mol. The van der Waals surface area contributed by atoms with Gasteiger partial charge in [-0.3, -0.25) is 9.78 Å². The Morgan fingerprint density at radius 1 is 0.897 bits per heavy atom. The van der Waals surface area contributed by atoms with Gasteiger partial charge in [0.25, 0.3) is 0 Å². The molecule has 0 amide bonds. The molecule has 12 heteroatoms. The largest absolute Gasteiger partial charge is 0.271 e. The van der Waals surface area contributed by atoms with Gasteiger partial charge in [-0.25, -0.2) is 16.8 Å². The average molecular weight is 658 g/mol. The first-order chi connectivity index (χ1) is 13.4. The fourth-order valence-corrected chi connectivity index (χ4v) is 5.22. The molecule has 0 bridgehead atoms. The summed E-state index contributed by atoms with van der Waals surface area (Å²) in [7, 11) is -4.44. The Morgan fingerprint density at radius 3 is 2.03 bits per heavy atom. The zero-order valence-corrected chi connectivity index (χ0v) is 21.5. The zero-order valence-electron chi connectivity index (χ0n) is 15.5. The van der Waals surface area contributed by atoms with Crippen molar-refractivity contribution in [2.45, 2.75) is 9.79 Å². The van der Waals surface area contributed by atoms with Gasteiger partial charge in [-0.2, -0.15) is 10.2 Å². The molecule has 4 rings (SSSR count). The van der Waals surface area contributed by atoms with E-state index in [-0.39, 0.29) is 0 Å². The highest BCUT2D eigenvalue weighted by Crippen LogP contribution is 2.23. The first kappa shape index (κ1) is 22.4. The number of nitrogens with zero attached hydrogens (tertiary/aromatic N) is 3. The van der Waals surface area contributed by atoms with Gasteiger partial charge < -0.3 is 0 Å². The number of sulfone groups is 2. The summed E-state index contributed by atoms with van der Waals surface area (Å²) in [6.07, 6.45) is 2.40. The second-order valence-corrected chi connectivity index (χ2v) is 12.5. The van der Waals surface area contributed by atoms with Gasteiger partial charge >= 0.3 is 0 Å². The van der Waals surface area contributed by atoms with E-state index in [1.807, 2.05) is 7.05 Å². The van der Waals surface area contributed by atoms with Crippen molar-refractivity contribution in [2.75, 3.05) is 12.5 Å². The van der Waals surface area contributed by atoms with Crippen molar-refractivity contribution in [1.82, 2.24) is 20.0 Å². The normalized spacial score (nSPS) is 12.2. The lowest BCUT2D eigenvalue weighted by atomic mass is 10.2. The maximum Gasteiger partial charge on any atom is 0.175 e. The van der Waals surface area contributed by atoms with E-state index in [1.54, 1.807) is 41.1 Å². The number of fused-ring (bicyclic) bond motifs is 2. The maximum absolute atomic E-state index is 11.4. The number of aromatic amines is 1. The van der Waals surface area contributed by atoms with Crippen molar-refractivity contribution in [3.05, 3.63) is 43.8 Å². The zero-order chi connectivity index (χ0) is 21.6. The highest BCUT2D eigenvalue weighted by atomic mass is 127. The average Bonchev–Trinajstić information content (AvgIpc) is 3.14. The minimum atomic E-state index is -3.14. The van der Waals surface area contributed by atoms with Crippen LogP contribution in [0.3, 0.4) is 0 Å². The minimum absolute atomic E-state index is 0.323. The Kier molecular flexibility index (Phi) is 6.27. The number of halogens is 2. The Balaban J connectivity index is 0.000000166. The summed E-state index contributed by atoms with van der Waals surface area (Å²) < 4.78 is 48.7. The molecule has 154 valence electrons. The van der Waals surface area contributed by atoms with E-state index in [0.29, 0.717) is 9.79 Å². The van der Waals surface area contributed by atoms with Crippen LogP contribution in [0.4, 0.5) is 0 Å². The third-order valence-electron chi connectivity index (χ3n) is 4.11. The fraction of sp³-hybridized carbons (Fsp3) is 0.176. The third-order valence-corrected chi connectivity index (χ3v) is 7.95. The van der Waals surface area contributed by atoms with E-state index < -0.39 is 19.7 Å². The number of nitrogens with one attached hydrogen (secondary N) is 1. The Labute approximate surface area is 195 Å². The van der Waals surface area contributed by atoms with Crippen molar-refractivity contribution in [3.63, 3.8) is 0 Å². The quantitative estimate of drug-likeness (QED) is 0.332. The molecule has 0 radical (unpaired) electrons. The van der Waals surface area contributed by atoms with Gasteiger partial charge in [-0.1, -0.05) is 0 Å². The van der Waals surface area contributed by atoms with Crippen molar-refractivity contribution in [2.24, 2.45) is 7.05 Å². The van der Waals surface area contributed by atoms with Gasteiger partial charge in [-0.15, -0.1) is 0 Å². The summed E-state index contributed by atoms with van der Waals surface area (Å²) in [6.45, 7) is 0. The van der Waals surface area contributed by atoms with Crippen LogP contribution in [-0.2, 0) is 26.7 Å². The Morgan fingerprint density at radius 2 is 1.45 bits per heavy atom. The summed E-state index contributed by atoms with van der Waals surface area (Å²) in [6, 6.07) is 9.95. The topological polar surface area (TPSA) is 115 Å². The van der Waals surface area contributed by atoms with Crippen LogP contribution in [0.2, 0.25) is 0 Å². The highest BCUT2D eigenvalue weighted by Gasteiger charge is 2.12. The number of hydrogen-bond acceptors (Lipinski definition) is 6. The molecule has 0 aliphatic heterocycles. The molecule has 2 aromatic carbocycles. The van der Waals surface area contributed by atoms with Crippen LogP contribution in [0, 0.1) is 7.40 Å². The smallest absolute Gasteiger partial charge is 0.175 e. The number of aromatic nitrogens is 4. The molecule has 8 nitrogen and oxygen atoms in total. The molecule has 0 fully saturated rings. The number of H-pyrrole nitrogens is 1. The molecule has 0 saturated carbocycles. The molecule has 1 N–H and O–H groups in total. The fourth-order valence-electron chi connectivity index (χ4n) is 2.62. The molecule has 0 aliphatic carbocycles.